The molecule has 1 atom stereocenters. The minimum absolute atomic E-state index is 0.00971. The number of alkyl halides is 2. The Morgan fingerprint density at radius 3 is 2.59 bits per heavy atom. The number of nitrogens with zero attached hydrogens (tertiary/aromatic N) is 1. The van der Waals surface area contributed by atoms with E-state index in [1.54, 1.807) is 11.8 Å². The quantitative estimate of drug-likeness (QED) is 0.730. The van der Waals surface area contributed by atoms with E-state index < -0.39 is 31.0 Å². The highest BCUT2D eigenvalue weighted by Gasteiger charge is 2.29. The van der Waals surface area contributed by atoms with E-state index in [0.29, 0.717) is 38.0 Å². The number of rotatable bonds is 7. The van der Waals surface area contributed by atoms with E-state index in [9.17, 15) is 23.2 Å². The fourth-order valence-corrected chi connectivity index (χ4v) is 2.79. The minimum atomic E-state index is -2.92. The fraction of sp³-hybridized carbons (Fsp3) is 0.500. The fourth-order valence-electron chi connectivity index (χ4n) is 2.79. The number of ether oxygens (including phenoxy) is 2. The molecule has 7 nitrogen and oxygen atoms in total. The van der Waals surface area contributed by atoms with Crippen LogP contribution in [0.15, 0.2) is 24.3 Å². The van der Waals surface area contributed by atoms with Gasteiger partial charge in [-0.2, -0.15) is 8.78 Å². The van der Waals surface area contributed by atoms with Crippen molar-refractivity contribution in [1.29, 1.82) is 0 Å². The largest absolute Gasteiger partial charge is 0.455 e. The molecular formula is C18H22F2N2O5. The van der Waals surface area contributed by atoms with Crippen LogP contribution in [0.25, 0.3) is 0 Å². The third kappa shape index (κ3) is 6.50. The maximum absolute atomic E-state index is 12.1. The van der Waals surface area contributed by atoms with Gasteiger partial charge in [-0.3, -0.25) is 14.4 Å². The van der Waals surface area contributed by atoms with Crippen molar-refractivity contribution in [3.8, 4) is 5.75 Å². The van der Waals surface area contributed by atoms with Gasteiger partial charge in [-0.15, -0.1) is 0 Å². The Kier molecular flexibility index (Phi) is 7.51. The van der Waals surface area contributed by atoms with Gasteiger partial charge in [0.1, 0.15) is 5.75 Å². The number of hydrogen-bond acceptors (Lipinski definition) is 5. The predicted octanol–water partition coefficient (Wildman–Crippen LogP) is 2.42. The average Bonchev–Trinajstić information content (AvgIpc) is 2.66. The Hall–Kier alpha value is -2.71. The number of likely N-dealkylation sites (tertiary alicyclic amines) is 1. The Morgan fingerprint density at radius 2 is 1.96 bits per heavy atom. The van der Waals surface area contributed by atoms with E-state index in [4.69, 9.17) is 4.74 Å². The van der Waals surface area contributed by atoms with Crippen LogP contribution in [0.1, 0.15) is 26.2 Å². The average molecular weight is 384 g/mol. The lowest BCUT2D eigenvalue weighted by Crippen LogP contribution is -2.42. The number of nitrogens with one attached hydrogen (secondary N) is 1. The lowest BCUT2D eigenvalue weighted by molar-refractivity contribution is -0.154. The highest BCUT2D eigenvalue weighted by atomic mass is 19.3. The van der Waals surface area contributed by atoms with Gasteiger partial charge in [0, 0.05) is 25.2 Å². The van der Waals surface area contributed by atoms with E-state index in [1.807, 2.05) is 0 Å². The van der Waals surface area contributed by atoms with Crippen molar-refractivity contribution in [1.82, 2.24) is 4.90 Å². The van der Waals surface area contributed by atoms with Gasteiger partial charge in [-0.25, -0.2) is 0 Å². The molecule has 0 aromatic heterocycles. The van der Waals surface area contributed by atoms with Crippen LogP contribution in [-0.4, -0.2) is 49.0 Å². The maximum Gasteiger partial charge on any atom is 0.387 e. The molecule has 1 N–H and O–H groups in total. The Bertz CT molecular complexity index is 666. The molecule has 27 heavy (non-hydrogen) atoms. The van der Waals surface area contributed by atoms with Crippen LogP contribution in [0.2, 0.25) is 0 Å². The molecule has 1 aromatic rings. The SMILES string of the molecule is CCC(=O)N1CCCC(C(=O)OCC(=O)Nc2ccc(OC(F)F)cc2)C1. The topological polar surface area (TPSA) is 84.9 Å². The third-order valence-corrected chi connectivity index (χ3v) is 4.12. The zero-order valence-electron chi connectivity index (χ0n) is 15.0. The summed E-state index contributed by atoms with van der Waals surface area (Å²) in [5.41, 5.74) is 0.357. The van der Waals surface area contributed by atoms with Crippen molar-refractivity contribution in [3.63, 3.8) is 0 Å². The summed E-state index contributed by atoms with van der Waals surface area (Å²) < 4.78 is 33.4. The van der Waals surface area contributed by atoms with Crippen molar-refractivity contribution < 1.29 is 32.6 Å². The van der Waals surface area contributed by atoms with Crippen LogP contribution in [0.3, 0.4) is 0 Å². The summed E-state index contributed by atoms with van der Waals surface area (Å²) in [4.78, 5) is 37.4. The number of piperidine rings is 1. The number of amides is 2. The molecule has 1 aliphatic heterocycles. The van der Waals surface area contributed by atoms with Crippen LogP contribution >= 0.6 is 0 Å². The van der Waals surface area contributed by atoms with Crippen LogP contribution in [-0.2, 0) is 19.1 Å². The molecule has 1 fully saturated rings. The van der Waals surface area contributed by atoms with E-state index in [0.717, 1.165) is 0 Å². The number of benzene rings is 1. The molecule has 9 heteroatoms. The molecule has 148 valence electrons. The molecule has 1 saturated heterocycles. The zero-order valence-corrected chi connectivity index (χ0v) is 15.0. The minimum Gasteiger partial charge on any atom is -0.455 e. The van der Waals surface area contributed by atoms with Crippen LogP contribution in [0.4, 0.5) is 14.5 Å². The first-order chi connectivity index (χ1) is 12.9. The number of halogens is 2. The lowest BCUT2D eigenvalue weighted by atomic mass is 9.98. The molecule has 0 saturated carbocycles. The highest BCUT2D eigenvalue weighted by molar-refractivity contribution is 5.93. The van der Waals surface area contributed by atoms with Crippen molar-refractivity contribution >= 4 is 23.5 Å². The summed E-state index contributed by atoms with van der Waals surface area (Å²) >= 11 is 0. The summed E-state index contributed by atoms with van der Waals surface area (Å²) in [6.45, 7) is -0.693. The van der Waals surface area contributed by atoms with Crippen molar-refractivity contribution in [2.75, 3.05) is 25.0 Å². The standard InChI is InChI=1S/C18H22F2N2O5/c1-2-16(24)22-9-3-4-12(10-22)17(25)26-11-15(23)21-13-5-7-14(8-6-13)27-18(19)20/h5-8,12,18H,2-4,9-11H2,1H3,(H,21,23). The molecule has 1 unspecified atom stereocenters. The molecule has 0 spiro atoms. The van der Waals surface area contributed by atoms with Crippen LogP contribution in [0, 0.1) is 5.92 Å². The summed E-state index contributed by atoms with van der Waals surface area (Å²) in [6, 6.07) is 5.36. The van der Waals surface area contributed by atoms with E-state index in [-0.39, 0.29) is 11.7 Å². The summed E-state index contributed by atoms with van der Waals surface area (Å²) in [6.07, 6.45) is 1.70. The van der Waals surface area contributed by atoms with E-state index in [1.165, 1.54) is 24.3 Å². The van der Waals surface area contributed by atoms with Gasteiger partial charge < -0.3 is 19.7 Å². The zero-order chi connectivity index (χ0) is 19.8. The van der Waals surface area contributed by atoms with Crippen LogP contribution in [0.5, 0.6) is 5.75 Å². The second kappa shape index (κ2) is 9.84. The number of carbonyl (C=O) groups is 3. The molecular weight excluding hydrogens is 362 g/mol. The van der Waals surface area contributed by atoms with Gasteiger partial charge in [0.05, 0.1) is 5.92 Å². The van der Waals surface area contributed by atoms with Gasteiger partial charge in [0.25, 0.3) is 5.91 Å². The molecule has 0 radical (unpaired) electrons. The Morgan fingerprint density at radius 1 is 1.26 bits per heavy atom. The summed E-state index contributed by atoms with van der Waals surface area (Å²) in [7, 11) is 0. The molecule has 0 bridgehead atoms. The molecule has 1 aliphatic rings. The molecule has 1 aromatic carbocycles. The molecule has 2 rings (SSSR count). The first kappa shape index (κ1) is 20.6. The van der Waals surface area contributed by atoms with Crippen molar-refractivity contribution in [2.45, 2.75) is 32.8 Å². The van der Waals surface area contributed by atoms with Gasteiger partial charge in [0.2, 0.25) is 5.91 Å². The Labute approximate surface area is 155 Å². The second-order valence-corrected chi connectivity index (χ2v) is 6.09. The first-order valence-corrected chi connectivity index (χ1v) is 8.68. The Balaban J connectivity index is 1.77. The van der Waals surface area contributed by atoms with Crippen molar-refractivity contribution in [2.24, 2.45) is 5.92 Å². The summed E-state index contributed by atoms with van der Waals surface area (Å²) in [5, 5.41) is 2.49. The third-order valence-electron chi connectivity index (χ3n) is 4.12. The van der Waals surface area contributed by atoms with Gasteiger partial charge >= 0.3 is 12.6 Å². The summed E-state index contributed by atoms with van der Waals surface area (Å²) in [5.74, 6) is -1.54. The van der Waals surface area contributed by atoms with Gasteiger partial charge in [-0.1, -0.05) is 6.92 Å². The smallest absolute Gasteiger partial charge is 0.387 e. The first-order valence-electron chi connectivity index (χ1n) is 8.68. The predicted molar refractivity (Wildman–Crippen MR) is 92.3 cm³/mol. The lowest BCUT2D eigenvalue weighted by Gasteiger charge is -2.31. The molecule has 2 amide bonds. The second-order valence-electron chi connectivity index (χ2n) is 6.09. The van der Waals surface area contributed by atoms with E-state index in [2.05, 4.69) is 10.1 Å². The molecule has 1 heterocycles. The maximum atomic E-state index is 12.1. The molecule has 0 aliphatic carbocycles. The number of anilines is 1. The van der Waals surface area contributed by atoms with E-state index >= 15 is 0 Å². The number of esters is 1. The highest BCUT2D eigenvalue weighted by Crippen LogP contribution is 2.19. The van der Waals surface area contributed by atoms with Gasteiger partial charge in [-0.05, 0) is 37.1 Å². The van der Waals surface area contributed by atoms with Crippen LogP contribution < -0.4 is 10.1 Å². The normalized spacial score (nSPS) is 16.7. The van der Waals surface area contributed by atoms with Gasteiger partial charge in [0.15, 0.2) is 6.61 Å². The monoisotopic (exact) mass is 384 g/mol. The number of carbonyl (C=O) groups excluding carboxylic acids is 3. The number of hydrogen-bond donors (Lipinski definition) is 1. The van der Waals surface area contributed by atoms with Crippen molar-refractivity contribution in [3.05, 3.63) is 24.3 Å².